The van der Waals surface area contributed by atoms with Crippen molar-refractivity contribution in [2.24, 2.45) is 0 Å². The molecule has 7 nitrogen and oxygen atoms in total. The van der Waals surface area contributed by atoms with E-state index in [2.05, 4.69) is 25.4 Å². The van der Waals surface area contributed by atoms with Crippen molar-refractivity contribution >= 4 is 16.7 Å². The van der Waals surface area contributed by atoms with E-state index in [1.165, 1.54) is 11.5 Å². The highest BCUT2D eigenvalue weighted by molar-refractivity contribution is 7.09. The van der Waals surface area contributed by atoms with Crippen LogP contribution in [-0.2, 0) is 11.3 Å². The first-order valence-corrected chi connectivity index (χ1v) is 7.08. The third kappa shape index (κ3) is 2.50. The molecule has 2 aromatic heterocycles. The molecule has 1 unspecified atom stereocenters. The molecule has 20 heavy (non-hydrogen) atoms. The number of nitriles is 1. The van der Waals surface area contributed by atoms with E-state index in [9.17, 15) is 0 Å². The van der Waals surface area contributed by atoms with Crippen molar-refractivity contribution in [3.05, 3.63) is 23.8 Å². The lowest BCUT2D eigenvalue weighted by Gasteiger charge is -2.14. The molecular formula is C12H14N6OS. The maximum Gasteiger partial charge on any atom is 0.205 e. The van der Waals surface area contributed by atoms with Crippen LogP contribution in [0.25, 0.3) is 0 Å². The van der Waals surface area contributed by atoms with Crippen LogP contribution in [0.1, 0.15) is 23.9 Å². The number of anilines is 1. The largest absolute Gasteiger partial charge is 0.377 e. The summed E-state index contributed by atoms with van der Waals surface area (Å²) in [6, 6.07) is 2.38. The van der Waals surface area contributed by atoms with Gasteiger partial charge < -0.3 is 9.64 Å². The van der Waals surface area contributed by atoms with Crippen LogP contribution < -0.4 is 4.90 Å². The van der Waals surface area contributed by atoms with E-state index >= 15 is 0 Å². The minimum Gasteiger partial charge on any atom is -0.377 e. The SMILES string of the molecule is COCc1nsc(N2CCC(n3cc(C#N)cn3)C2)n1. The maximum absolute atomic E-state index is 8.83. The van der Waals surface area contributed by atoms with Crippen molar-refractivity contribution < 1.29 is 4.74 Å². The zero-order valence-electron chi connectivity index (χ0n) is 11.1. The van der Waals surface area contributed by atoms with Gasteiger partial charge in [0.15, 0.2) is 5.82 Å². The highest BCUT2D eigenvalue weighted by Crippen LogP contribution is 2.27. The Bertz CT molecular complexity index is 630. The highest BCUT2D eigenvalue weighted by atomic mass is 32.1. The summed E-state index contributed by atoms with van der Waals surface area (Å²) in [4.78, 5) is 6.66. The van der Waals surface area contributed by atoms with Crippen molar-refractivity contribution in [2.45, 2.75) is 19.1 Å². The molecule has 104 valence electrons. The summed E-state index contributed by atoms with van der Waals surface area (Å²) < 4.78 is 11.2. The van der Waals surface area contributed by atoms with Crippen LogP contribution in [0.2, 0.25) is 0 Å². The number of hydrogen-bond donors (Lipinski definition) is 0. The second kappa shape index (κ2) is 5.56. The van der Waals surface area contributed by atoms with Gasteiger partial charge in [0, 0.05) is 37.9 Å². The molecule has 1 aliphatic heterocycles. The normalized spacial score (nSPS) is 18.4. The summed E-state index contributed by atoms with van der Waals surface area (Å²) >= 11 is 1.40. The van der Waals surface area contributed by atoms with Gasteiger partial charge >= 0.3 is 0 Å². The van der Waals surface area contributed by atoms with Crippen molar-refractivity contribution in [3.8, 4) is 6.07 Å². The number of methoxy groups -OCH3 is 1. The lowest BCUT2D eigenvalue weighted by Crippen LogP contribution is -2.20. The van der Waals surface area contributed by atoms with Gasteiger partial charge in [0.2, 0.25) is 5.13 Å². The molecule has 3 rings (SSSR count). The van der Waals surface area contributed by atoms with Crippen molar-refractivity contribution in [1.82, 2.24) is 19.1 Å². The van der Waals surface area contributed by atoms with Gasteiger partial charge in [-0.2, -0.15) is 14.7 Å². The molecule has 1 atom stereocenters. The molecule has 0 aliphatic carbocycles. The van der Waals surface area contributed by atoms with E-state index in [0.717, 1.165) is 30.5 Å². The molecule has 1 aliphatic rings. The van der Waals surface area contributed by atoms with Gasteiger partial charge in [0.1, 0.15) is 12.7 Å². The van der Waals surface area contributed by atoms with Crippen LogP contribution >= 0.6 is 11.5 Å². The Morgan fingerprint density at radius 2 is 2.50 bits per heavy atom. The predicted molar refractivity (Wildman–Crippen MR) is 73.4 cm³/mol. The first kappa shape index (κ1) is 13.0. The molecule has 0 saturated carbocycles. The molecule has 0 bridgehead atoms. The first-order valence-electron chi connectivity index (χ1n) is 6.31. The van der Waals surface area contributed by atoms with Gasteiger partial charge in [-0.05, 0) is 6.42 Å². The maximum atomic E-state index is 8.83. The monoisotopic (exact) mass is 290 g/mol. The molecule has 8 heteroatoms. The average molecular weight is 290 g/mol. The van der Waals surface area contributed by atoms with Crippen LogP contribution in [-0.4, -0.2) is 39.3 Å². The Balaban J connectivity index is 1.68. The zero-order chi connectivity index (χ0) is 13.9. The van der Waals surface area contributed by atoms with E-state index in [0.29, 0.717) is 12.2 Å². The third-order valence-corrected chi connectivity index (χ3v) is 4.08. The highest BCUT2D eigenvalue weighted by Gasteiger charge is 2.26. The molecule has 0 radical (unpaired) electrons. The van der Waals surface area contributed by atoms with E-state index in [1.807, 2.05) is 4.68 Å². The Kier molecular flexibility index (Phi) is 3.62. The Hall–Kier alpha value is -1.98. The summed E-state index contributed by atoms with van der Waals surface area (Å²) in [5.74, 6) is 0.724. The molecule has 0 amide bonds. The van der Waals surface area contributed by atoms with E-state index in [4.69, 9.17) is 10.00 Å². The van der Waals surface area contributed by atoms with Gasteiger partial charge in [-0.25, -0.2) is 4.98 Å². The predicted octanol–water partition coefficient (Wildman–Crippen LogP) is 1.20. The number of aromatic nitrogens is 4. The summed E-state index contributed by atoms with van der Waals surface area (Å²) in [6.07, 6.45) is 4.39. The smallest absolute Gasteiger partial charge is 0.205 e. The Labute approximate surface area is 120 Å². The Morgan fingerprint density at radius 1 is 1.60 bits per heavy atom. The van der Waals surface area contributed by atoms with Crippen LogP contribution in [0.15, 0.2) is 12.4 Å². The second-order valence-electron chi connectivity index (χ2n) is 4.64. The van der Waals surface area contributed by atoms with E-state index < -0.39 is 0 Å². The minimum atomic E-state index is 0.284. The number of ether oxygens (including phenoxy) is 1. The van der Waals surface area contributed by atoms with Gasteiger partial charge in [-0.3, -0.25) is 4.68 Å². The zero-order valence-corrected chi connectivity index (χ0v) is 11.9. The molecule has 0 N–H and O–H groups in total. The van der Waals surface area contributed by atoms with Crippen LogP contribution in [0.5, 0.6) is 0 Å². The van der Waals surface area contributed by atoms with Crippen LogP contribution in [0.3, 0.4) is 0 Å². The quantitative estimate of drug-likeness (QED) is 0.842. The fourth-order valence-corrected chi connectivity index (χ4v) is 3.00. The Morgan fingerprint density at radius 3 is 3.25 bits per heavy atom. The first-order chi connectivity index (χ1) is 9.80. The van der Waals surface area contributed by atoms with E-state index in [1.54, 1.807) is 19.5 Å². The lowest BCUT2D eigenvalue weighted by molar-refractivity contribution is 0.179. The van der Waals surface area contributed by atoms with Crippen molar-refractivity contribution in [3.63, 3.8) is 0 Å². The third-order valence-electron chi connectivity index (χ3n) is 3.27. The summed E-state index contributed by atoms with van der Waals surface area (Å²) in [5, 5.41) is 14.0. The summed E-state index contributed by atoms with van der Waals surface area (Å²) in [7, 11) is 1.64. The summed E-state index contributed by atoms with van der Waals surface area (Å²) in [6.45, 7) is 2.21. The lowest BCUT2D eigenvalue weighted by atomic mass is 10.3. The average Bonchev–Trinajstić information content (AvgIpc) is 3.18. The molecule has 0 spiro atoms. The van der Waals surface area contributed by atoms with Crippen LogP contribution in [0.4, 0.5) is 5.13 Å². The van der Waals surface area contributed by atoms with Gasteiger partial charge in [-0.1, -0.05) is 0 Å². The van der Waals surface area contributed by atoms with Gasteiger partial charge in [0.05, 0.1) is 17.8 Å². The molecule has 2 aromatic rings. The second-order valence-corrected chi connectivity index (χ2v) is 5.37. The number of nitrogens with zero attached hydrogens (tertiary/aromatic N) is 6. The van der Waals surface area contributed by atoms with Crippen molar-refractivity contribution in [2.75, 3.05) is 25.1 Å². The molecular weight excluding hydrogens is 276 g/mol. The van der Waals surface area contributed by atoms with Crippen molar-refractivity contribution in [1.29, 1.82) is 5.26 Å². The molecule has 1 saturated heterocycles. The summed E-state index contributed by atoms with van der Waals surface area (Å²) in [5.41, 5.74) is 0.599. The number of hydrogen-bond acceptors (Lipinski definition) is 7. The van der Waals surface area contributed by atoms with E-state index in [-0.39, 0.29) is 6.04 Å². The van der Waals surface area contributed by atoms with Crippen LogP contribution in [0, 0.1) is 11.3 Å². The molecule has 0 aromatic carbocycles. The van der Waals surface area contributed by atoms with Gasteiger partial charge in [0.25, 0.3) is 0 Å². The minimum absolute atomic E-state index is 0.284. The van der Waals surface area contributed by atoms with Gasteiger partial charge in [-0.15, -0.1) is 0 Å². The fraction of sp³-hybridized carbons (Fsp3) is 0.500. The molecule has 1 fully saturated rings. The molecule has 3 heterocycles. The fourth-order valence-electron chi connectivity index (χ4n) is 2.29. The topological polar surface area (TPSA) is 79.9 Å². The number of rotatable bonds is 4. The standard InChI is InChI=1S/C12H14N6OS/c1-19-8-11-15-12(20-16-11)17-3-2-10(7-17)18-6-9(4-13)5-14-18/h5-6,10H,2-3,7-8H2,1H3.